The smallest absolute Gasteiger partial charge is 0.289 e. The summed E-state index contributed by atoms with van der Waals surface area (Å²) < 4.78 is 31.4. The minimum absolute atomic E-state index is 0.121. The van der Waals surface area contributed by atoms with Crippen molar-refractivity contribution in [1.29, 1.82) is 0 Å². The molecule has 2 aliphatic rings. The molecule has 0 unspecified atom stereocenters. The normalized spacial score (nSPS) is 21.8. The number of nitrogens with one attached hydrogen (secondary N) is 1. The topological polar surface area (TPSA) is 79.6 Å². The number of amides is 1. The van der Waals surface area contributed by atoms with E-state index >= 15 is 0 Å². The van der Waals surface area contributed by atoms with E-state index in [0.29, 0.717) is 37.6 Å². The fourth-order valence-electron chi connectivity index (χ4n) is 3.31. The maximum atomic E-state index is 12.3. The van der Waals surface area contributed by atoms with Crippen LogP contribution < -0.4 is 4.72 Å². The first-order valence-corrected chi connectivity index (χ1v) is 9.58. The first kappa shape index (κ1) is 15.6. The monoisotopic (exact) mass is 326 g/mol. The van der Waals surface area contributed by atoms with Crippen molar-refractivity contribution in [2.75, 3.05) is 19.3 Å². The minimum Gasteiger partial charge on any atom is -0.459 e. The first-order valence-electron chi connectivity index (χ1n) is 7.69. The maximum absolute atomic E-state index is 12.3. The first-order chi connectivity index (χ1) is 10.4. The average Bonchev–Trinajstić information content (AvgIpc) is 3.06. The number of sulfonamides is 1. The Morgan fingerprint density at radius 1 is 1.41 bits per heavy atom. The number of carbonyl (C=O) groups excluding carboxylic acids is 1. The van der Waals surface area contributed by atoms with Gasteiger partial charge in [0.05, 0.1) is 12.5 Å². The van der Waals surface area contributed by atoms with Gasteiger partial charge in [-0.3, -0.25) is 4.79 Å². The molecule has 1 saturated heterocycles. The van der Waals surface area contributed by atoms with Crippen molar-refractivity contribution >= 4 is 15.9 Å². The Morgan fingerprint density at radius 3 is 2.59 bits per heavy atom. The highest BCUT2D eigenvalue weighted by Gasteiger charge is 2.42. The Bertz CT molecular complexity index is 627. The Kier molecular flexibility index (Phi) is 4.03. The predicted octanol–water partition coefficient (Wildman–Crippen LogP) is 1.60. The van der Waals surface area contributed by atoms with E-state index < -0.39 is 15.6 Å². The molecule has 1 aromatic heterocycles. The van der Waals surface area contributed by atoms with Crippen LogP contribution >= 0.6 is 0 Å². The molecule has 2 heterocycles. The Labute approximate surface area is 130 Å². The summed E-state index contributed by atoms with van der Waals surface area (Å²) in [5, 5.41) is 0. The number of carbonyl (C=O) groups is 1. The minimum atomic E-state index is -3.25. The van der Waals surface area contributed by atoms with Gasteiger partial charge in [-0.15, -0.1) is 0 Å². The molecule has 122 valence electrons. The largest absolute Gasteiger partial charge is 0.459 e. The lowest BCUT2D eigenvalue weighted by Gasteiger charge is -2.42. The van der Waals surface area contributed by atoms with Crippen LogP contribution in [0.25, 0.3) is 0 Å². The summed E-state index contributed by atoms with van der Waals surface area (Å²) in [4.78, 5) is 14.0. The lowest BCUT2D eigenvalue weighted by Crippen LogP contribution is -2.56. The number of furan rings is 1. The molecular formula is C15H22N2O4S. The van der Waals surface area contributed by atoms with Crippen molar-refractivity contribution in [3.8, 4) is 0 Å². The second-order valence-electron chi connectivity index (χ2n) is 6.57. The molecule has 2 fully saturated rings. The van der Waals surface area contributed by atoms with Crippen LogP contribution in [0.15, 0.2) is 22.8 Å². The van der Waals surface area contributed by atoms with Crippen LogP contribution in [0.1, 0.15) is 42.7 Å². The van der Waals surface area contributed by atoms with Crippen LogP contribution in [-0.4, -0.2) is 44.1 Å². The van der Waals surface area contributed by atoms with Gasteiger partial charge in [0.15, 0.2) is 5.76 Å². The lowest BCUT2D eigenvalue weighted by atomic mass is 9.83. The number of likely N-dealkylation sites (tertiary alicyclic amines) is 1. The van der Waals surface area contributed by atoms with E-state index in [1.54, 1.807) is 17.0 Å². The molecule has 6 nitrogen and oxygen atoms in total. The number of hydrogen-bond acceptors (Lipinski definition) is 4. The van der Waals surface area contributed by atoms with Crippen molar-refractivity contribution in [3.63, 3.8) is 0 Å². The maximum Gasteiger partial charge on any atom is 0.289 e. The Balaban J connectivity index is 1.67. The highest BCUT2D eigenvalue weighted by atomic mass is 32.2. The van der Waals surface area contributed by atoms with Crippen LogP contribution in [0.2, 0.25) is 0 Å². The van der Waals surface area contributed by atoms with Crippen molar-refractivity contribution in [1.82, 2.24) is 9.62 Å². The van der Waals surface area contributed by atoms with Gasteiger partial charge in [-0.2, -0.15) is 0 Å². The highest BCUT2D eigenvalue weighted by molar-refractivity contribution is 7.88. The van der Waals surface area contributed by atoms with Crippen molar-refractivity contribution in [2.45, 2.75) is 37.6 Å². The van der Waals surface area contributed by atoms with E-state index in [-0.39, 0.29) is 5.91 Å². The zero-order valence-corrected chi connectivity index (χ0v) is 13.6. The van der Waals surface area contributed by atoms with Gasteiger partial charge in [0.1, 0.15) is 0 Å². The van der Waals surface area contributed by atoms with Gasteiger partial charge in [0.2, 0.25) is 10.0 Å². The summed E-state index contributed by atoms with van der Waals surface area (Å²) in [6.07, 6.45) is 7.25. The second kappa shape index (κ2) is 5.70. The molecule has 7 heteroatoms. The third-order valence-electron chi connectivity index (χ3n) is 4.52. The number of hydrogen-bond donors (Lipinski definition) is 1. The molecule has 1 amide bonds. The molecule has 1 aliphatic carbocycles. The molecule has 3 rings (SSSR count). The molecule has 22 heavy (non-hydrogen) atoms. The van der Waals surface area contributed by atoms with Gasteiger partial charge in [-0.1, -0.05) is 12.8 Å². The van der Waals surface area contributed by atoms with Gasteiger partial charge in [0.25, 0.3) is 5.91 Å². The van der Waals surface area contributed by atoms with Crippen molar-refractivity contribution < 1.29 is 17.6 Å². The summed E-state index contributed by atoms with van der Waals surface area (Å²) >= 11 is 0. The Hall–Kier alpha value is -1.34. The van der Waals surface area contributed by atoms with Crippen LogP contribution in [0.4, 0.5) is 0 Å². The van der Waals surface area contributed by atoms with Crippen molar-refractivity contribution in [2.24, 2.45) is 5.92 Å². The zero-order valence-electron chi connectivity index (χ0n) is 12.7. The molecule has 1 aromatic rings. The average molecular weight is 326 g/mol. The number of rotatable bonds is 5. The summed E-state index contributed by atoms with van der Waals surface area (Å²) in [5.74, 6) is 0.844. The SMILES string of the molecule is CS(=O)(=O)NC1(CC2CC2)CCN(C(=O)c2ccco2)CC1. The van der Waals surface area contributed by atoms with E-state index in [1.165, 1.54) is 25.4 Å². The molecule has 1 saturated carbocycles. The van der Waals surface area contributed by atoms with Gasteiger partial charge in [-0.25, -0.2) is 13.1 Å². The highest BCUT2D eigenvalue weighted by Crippen LogP contribution is 2.41. The third-order valence-corrected chi connectivity index (χ3v) is 5.32. The van der Waals surface area contributed by atoms with Crippen LogP contribution in [0.3, 0.4) is 0 Å². The predicted molar refractivity (Wildman–Crippen MR) is 81.9 cm³/mol. The van der Waals surface area contributed by atoms with Gasteiger partial charge < -0.3 is 9.32 Å². The second-order valence-corrected chi connectivity index (χ2v) is 8.32. The van der Waals surface area contributed by atoms with Gasteiger partial charge >= 0.3 is 0 Å². The van der Waals surface area contributed by atoms with Crippen LogP contribution in [0, 0.1) is 5.92 Å². The summed E-state index contributed by atoms with van der Waals surface area (Å²) in [6.45, 7) is 1.10. The van der Waals surface area contributed by atoms with Crippen molar-refractivity contribution in [3.05, 3.63) is 24.2 Å². The molecule has 1 N–H and O–H groups in total. The number of nitrogens with zero attached hydrogens (tertiary/aromatic N) is 1. The third kappa shape index (κ3) is 3.70. The van der Waals surface area contributed by atoms with Crippen LogP contribution in [0.5, 0.6) is 0 Å². The van der Waals surface area contributed by atoms with E-state index in [0.717, 1.165) is 6.42 Å². The molecule has 0 atom stereocenters. The Morgan fingerprint density at radius 2 is 2.09 bits per heavy atom. The fraction of sp³-hybridized carbons (Fsp3) is 0.667. The van der Waals surface area contributed by atoms with E-state index in [2.05, 4.69) is 4.72 Å². The summed E-state index contributed by atoms with van der Waals surface area (Å²) in [7, 11) is -3.25. The lowest BCUT2D eigenvalue weighted by molar-refractivity contribution is 0.0617. The van der Waals surface area contributed by atoms with E-state index in [1.807, 2.05) is 0 Å². The summed E-state index contributed by atoms with van der Waals surface area (Å²) in [6, 6.07) is 3.35. The van der Waals surface area contributed by atoms with Crippen LogP contribution in [-0.2, 0) is 10.0 Å². The quantitative estimate of drug-likeness (QED) is 0.891. The van der Waals surface area contributed by atoms with E-state index in [9.17, 15) is 13.2 Å². The summed E-state index contributed by atoms with van der Waals surface area (Å²) in [5.41, 5.74) is -0.394. The fourth-order valence-corrected chi connectivity index (χ4v) is 4.38. The number of piperidine rings is 1. The zero-order chi connectivity index (χ0) is 15.8. The van der Waals surface area contributed by atoms with Gasteiger partial charge in [0, 0.05) is 18.6 Å². The molecule has 0 radical (unpaired) electrons. The molecule has 0 spiro atoms. The molecular weight excluding hydrogens is 304 g/mol. The molecule has 0 bridgehead atoms. The standard InChI is InChI=1S/C15H22N2O4S/c1-22(19,20)16-15(11-12-4-5-12)6-8-17(9-7-15)14(18)13-3-2-10-21-13/h2-3,10,12,16H,4-9,11H2,1H3. The molecule has 0 aromatic carbocycles. The molecule has 1 aliphatic heterocycles. The van der Waals surface area contributed by atoms with Gasteiger partial charge in [-0.05, 0) is 37.3 Å². The van der Waals surface area contributed by atoms with E-state index in [4.69, 9.17) is 4.42 Å².